The molecular formula is C16H20FN3O2. The third-order valence-corrected chi connectivity index (χ3v) is 4.49. The van der Waals surface area contributed by atoms with Crippen LogP contribution >= 0.6 is 0 Å². The predicted octanol–water partition coefficient (Wildman–Crippen LogP) is 1.60. The molecule has 1 aliphatic carbocycles. The highest BCUT2D eigenvalue weighted by Gasteiger charge is 2.30. The van der Waals surface area contributed by atoms with E-state index in [2.05, 4.69) is 10.6 Å². The van der Waals surface area contributed by atoms with E-state index >= 15 is 0 Å². The molecule has 2 aliphatic rings. The average molecular weight is 305 g/mol. The van der Waals surface area contributed by atoms with Gasteiger partial charge >= 0.3 is 6.03 Å². The summed E-state index contributed by atoms with van der Waals surface area (Å²) in [6.07, 6.45) is 3.26. The van der Waals surface area contributed by atoms with Crippen LogP contribution in [0.25, 0.3) is 0 Å². The van der Waals surface area contributed by atoms with Crippen LogP contribution in [0.3, 0.4) is 0 Å². The number of carbonyl (C=O) groups excluding carboxylic acids is 2. The summed E-state index contributed by atoms with van der Waals surface area (Å²) < 4.78 is 13.0. The zero-order valence-corrected chi connectivity index (χ0v) is 12.3. The Morgan fingerprint density at radius 2 is 2.00 bits per heavy atom. The van der Waals surface area contributed by atoms with E-state index in [4.69, 9.17) is 0 Å². The number of benzene rings is 1. The molecule has 6 heteroatoms. The van der Waals surface area contributed by atoms with E-state index in [1.807, 2.05) is 12.1 Å². The molecule has 2 unspecified atom stereocenters. The third-order valence-electron chi connectivity index (χ3n) is 4.49. The summed E-state index contributed by atoms with van der Waals surface area (Å²) in [5.41, 5.74) is 1.14. The molecule has 1 heterocycles. The first kappa shape index (κ1) is 15.0. The molecule has 2 fully saturated rings. The standard InChI is InChI=1S/C16H20FN3O2/c17-12-6-4-11(5-7-12)13-2-1-3-14(13)18-8-9-20-15(21)10-19-16(20)22/h4-7,13-14,18H,1-3,8-10H2,(H,19,22). The molecule has 2 N–H and O–H groups in total. The number of halogens is 1. The maximum Gasteiger partial charge on any atom is 0.324 e. The van der Waals surface area contributed by atoms with Crippen molar-refractivity contribution in [3.63, 3.8) is 0 Å². The first-order valence-corrected chi connectivity index (χ1v) is 7.72. The van der Waals surface area contributed by atoms with E-state index in [9.17, 15) is 14.0 Å². The van der Waals surface area contributed by atoms with Crippen molar-refractivity contribution in [3.05, 3.63) is 35.6 Å². The highest BCUT2D eigenvalue weighted by molar-refractivity contribution is 6.01. The normalized spacial score (nSPS) is 24.9. The summed E-state index contributed by atoms with van der Waals surface area (Å²) in [5, 5.41) is 5.96. The minimum atomic E-state index is -0.312. The van der Waals surface area contributed by atoms with Gasteiger partial charge in [-0.2, -0.15) is 0 Å². The van der Waals surface area contributed by atoms with Gasteiger partial charge in [-0.1, -0.05) is 18.6 Å². The van der Waals surface area contributed by atoms with Crippen molar-refractivity contribution in [1.82, 2.24) is 15.5 Å². The Balaban J connectivity index is 1.54. The van der Waals surface area contributed by atoms with Crippen molar-refractivity contribution >= 4 is 11.9 Å². The smallest absolute Gasteiger partial charge is 0.324 e. The van der Waals surface area contributed by atoms with E-state index in [1.54, 1.807) is 0 Å². The summed E-state index contributed by atoms with van der Waals surface area (Å²) in [6, 6.07) is 6.68. The fourth-order valence-corrected chi connectivity index (χ4v) is 3.36. The first-order valence-electron chi connectivity index (χ1n) is 7.72. The average Bonchev–Trinajstić information content (AvgIpc) is 3.09. The number of hydrogen-bond acceptors (Lipinski definition) is 3. The largest absolute Gasteiger partial charge is 0.329 e. The first-order chi connectivity index (χ1) is 10.6. The van der Waals surface area contributed by atoms with Crippen LogP contribution in [0, 0.1) is 5.82 Å². The molecule has 2 atom stereocenters. The molecule has 1 aromatic rings. The zero-order chi connectivity index (χ0) is 15.5. The Hall–Kier alpha value is -1.95. The van der Waals surface area contributed by atoms with Crippen molar-refractivity contribution in [1.29, 1.82) is 0 Å². The summed E-state index contributed by atoms with van der Waals surface area (Å²) in [4.78, 5) is 24.2. The lowest BCUT2D eigenvalue weighted by Crippen LogP contribution is -2.40. The van der Waals surface area contributed by atoms with Gasteiger partial charge in [-0.15, -0.1) is 0 Å². The van der Waals surface area contributed by atoms with Gasteiger partial charge in [-0.05, 0) is 36.5 Å². The zero-order valence-electron chi connectivity index (χ0n) is 12.3. The number of hydrogen-bond donors (Lipinski definition) is 2. The van der Waals surface area contributed by atoms with Gasteiger partial charge in [0.2, 0.25) is 5.91 Å². The predicted molar refractivity (Wildman–Crippen MR) is 79.9 cm³/mol. The van der Waals surface area contributed by atoms with Gasteiger partial charge in [0.05, 0.1) is 6.54 Å². The summed E-state index contributed by atoms with van der Waals surface area (Å²) in [5.74, 6) is -0.0261. The Morgan fingerprint density at radius 3 is 2.68 bits per heavy atom. The van der Waals surface area contributed by atoms with E-state index in [-0.39, 0.29) is 24.3 Å². The molecule has 5 nitrogen and oxygen atoms in total. The lowest BCUT2D eigenvalue weighted by molar-refractivity contribution is -0.124. The molecule has 118 valence electrons. The van der Waals surface area contributed by atoms with E-state index in [0.29, 0.717) is 25.0 Å². The number of carbonyl (C=O) groups is 2. The summed E-state index contributed by atoms with van der Waals surface area (Å²) >= 11 is 0. The van der Waals surface area contributed by atoms with Gasteiger partial charge in [-0.3, -0.25) is 9.69 Å². The lowest BCUT2D eigenvalue weighted by Gasteiger charge is -2.22. The molecule has 1 saturated carbocycles. The molecule has 22 heavy (non-hydrogen) atoms. The molecule has 0 spiro atoms. The Kier molecular flexibility index (Phi) is 4.38. The molecule has 1 saturated heterocycles. The van der Waals surface area contributed by atoms with Crippen LogP contribution < -0.4 is 10.6 Å². The van der Waals surface area contributed by atoms with Gasteiger partial charge in [0, 0.05) is 19.1 Å². The molecule has 0 radical (unpaired) electrons. The van der Waals surface area contributed by atoms with Crippen LogP contribution in [0.2, 0.25) is 0 Å². The SMILES string of the molecule is O=C1CNC(=O)N1CCNC1CCCC1c1ccc(F)cc1. The lowest BCUT2D eigenvalue weighted by atomic mass is 9.94. The van der Waals surface area contributed by atoms with E-state index < -0.39 is 0 Å². The number of nitrogens with zero attached hydrogens (tertiary/aromatic N) is 1. The Morgan fingerprint density at radius 1 is 1.23 bits per heavy atom. The van der Waals surface area contributed by atoms with Crippen molar-refractivity contribution in [2.45, 2.75) is 31.2 Å². The number of nitrogens with one attached hydrogen (secondary N) is 2. The van der Waals surface area contributed by atoms with Crippen LogP contribution in [0.5, 0.6) is 0 Å². The number of rotatable bonds is 5. The van der Waals surface area contributed by atoms with E-state index in [0.717, 1.165) is 24.8 Å². The van der Waals surface area contributed by atoms with Crippen LogP contribution in [-0.2, 0) is 4.79 Å². The molecule has 1 aliphatic heterocycles. The number of imide groups is 1. The van der Waals surface area contributed by atoms with Gasteiger partial charge in [0.25, 0.3) is 0 Å². The fourth-order valence-electron chi connectivity index (χ4n) is 3.36. The number of amides is 3. The van der Waals surface area contributed by atoms with E-state index in [1.165, 1.54) is 17.0 Å². The van der Waals surface area contributed by atoms with Crippen LogP contribution in [-0.4, -0.2) is 42.5 Å². The van der Waals surface area contributed by atoms with Crippen molar-refractivity contribution in [3.8, 4) is 0 Å². The Bertz CT molecular complexity index is 545. The van der Waals surface area contributed by atoms with Crippen molar-refractivity contribution in [2.75, 3.05) is 19.6 Å². The van der Waals surface area contributed by atoms with Crippen LogP contribution in [0.15, 0.2) is 24.3 Å². The second-order valence-corrected chi connectivity index (χ2v) is 5.85. The third kappa shape index (κ3) is 3.11. The highest BCUT2D eigenvalue weighted by Crippen LogP contribution is 2.34. The van der Waals surface area contributed by atoms with Gasteiger partial charge in [0.15, 0.2) is 0 Å². The number of urea groups is 1. The maximum atomic E-state index is 13.0. The van der Waals surface area contributed by atoms with Gasteiger partial charge < -0.3 is 10.6 Å². The minimum Gasteiger partial charge on any atom is -0.329 e. The fraction of sp³-hybridized carbons (Fsp3) is 0.500. The molecule has 0 aromatic heterocycles. The van der Waals surface area contributed by atoms with Gasteiger partial charge in [-0.25, -0.2) is 9.18 Å². The molecule has 1 aromatic carbocycles. The summed E-state index contributed by atoms with van der Waals surface area (Å²) in [6.45, 7) is 1.07. The maximum absolute atomic E-state index is 13.0. The Labute approximate surface area is 128 Å². The second-order valence-electron chi connectivity index (χ2n) is 5.85. The molecule has 3 amide bonds. The highest BCUT2D eigenvalue weighted by atomic mass is 19.1. The summed E-state index contributed by atoms with van der Waals surface area (Å²) in [7, 11) is 0. The van der Waals surface area contributed by atoms with Crippen LogP contribution in [0.1, 0.15) is 30.7 Å². The van der Waals surface area contributed by atoms with Crippen molar-refractivity contribution < 1.29 is 14.0 Å². The second kappa shape index (κ2) is 6.44. The topological polar surface area (TPSA) is 61.4 Å². The molecule has 0 bridgehead atoms. The van der Waals surface area contributed by atoms with Crippen LogP contribution in [0.4, 0.5) is 9.18 Å². The minimum absolute atomic E-state index is 0.0977. The van der Waals surface area contributed by atoms with Gasteiger partial charge in [0.1, 0.15) is 5.82 Å². The quantitative estimate of drug-likeness (QED) is 0.812. The molecular weight excluding hydrogens is 285 g/mol. The monoisotopic (exact) mass is 305 g/mol. The molecule has 3 rings (SSSR count). The van der Waals surface area contributed by atoms with Crippen molar-refractivity contribution in [2.24, 2.45) is 0 Å².